The molecule has 0 saturated carbocycles. The van der Waals surface area contributed by atoms with E-state index in [1.165, 1.54) is 4.90 Å². The van der Waals surface area contributed by atoms with E-state index in [2.05, 4.69) is 5.32 Å². The van der Waals surface area contributed by atoms with Crippen LogP contribution in [-0.4, -0.2) is 18.4 Å². The molecule has 0 atom stereocenters. The van der Waals surface area contributed by atoms with Gasteiger partial charge in [0.2, 0.25) is 0 Å². The number of rotatable bonds is 6. The maximum Gasteiger partial charge on any atom is 0.282 e. The highest BCUT2D eigenvalue weighted by Gasteiger charge is 2.40. The fraction of sp³-hybridized carbons (Fsp3) is 0.154. The van der Waals surface area contributed by atoms with Crippen LogP contribution in [0, 0.1) is 13.8 Å². The molecule has 1 aliphatic heterocycles. The summed E-state index contributed by atoms with van der Waals surface area (Å²) < 4.78 is 5.52. The molecule has 5 nitrogen and oxygen atoms in total. The van der Waals surface area contributed by atoms with Crippen LogP contribution >= 0.6 is 0 Å². The van der Waals surface area contributed by atoms with Crippen molar-refractivity contribution in [3.8, 4) is 5.75 Å². The predicted molar refractivity (Wildman–Crippen MR) is 123 cm³/mol. The number of nitrogens with one attached hydrogen (secondary N) is 1. The molecule has 3 aromatic rings. The number of aryl methyl sites for hydroxylation is 2. The molecule has 1 heterocycles. The van der Waals surface area contributed by atoms with Crippen molar-refractivity contribution in [3.05, 3.63) is 95.2 Å². The van der Waals surface area contributed by atoms with E-state index in [1.54, 1.807) is 12.1 Å². The number of anilines is 2. The van der Waals surface area contributed by atoms with Crippen molar-refractivity contribution in [1.29, 1.82) is 0 Å². The minimum atomic E-state index is -0.375. The molecule has 0 radical (unpaired) electrons. The second-order valence-electron chi connectivity index (χ2n) is 7.43. The van der Waals surface area contributed by atoms with Gasteiger partial charge in [0.1, 0.15) is 11.4 Å². The zero-order valence-electron chi connectivity index (χ0n) is 17.8. The number of carbonyl (C=O) groups excluding carboxylic acids is 2. The number of imide groups is 1. The highest BCUT2D eigenvalue weighted by Crippen LogP contribution is 2.34. The first-order chi connectivity index (χ1) is 15.0. The van der Waals surface area contributed by atoms with E-state index in [0.717, 1.165) is 16.8 Å². The quantitative estimate of drug-likeness (QED) is 0.573. The van der Waals surface area contributed by atoms with Gasteiger partial charge < -0.3 is 10.1 Å². The van der Waals surface area contributed by atoms with E-state index in [4.69, 9.17) is 4.74 Å². The molecule has 0 aliphatic carbocycles. The molecule has 1 N–H and O–H groups in total. The molecule has 156 valence electrons. The third-order valence-electron chi connectivity index (χ3n) is 5.19. The Morgan fingerprint density at radius 2 is 1.58 bits per heavy atom. The van der Waals surface area contributed by atoms with E-state index in [9.17, 15) is 9.59 Å². The topological polar surface area (TPSA) is 58.6 Å². The number of ether oxygens (including phenoxy) is 1. The number of nitrogens with zero attached hydrogens (tertiary/aromatic N) is 1. The lowest BCUT2D eigenvalue weighted by Gasteiger charge is -2.15. The van der Waals surface area contributed by atoms with Crippen LogP contribution in [0.25, 0.3) is 5.57 Å². The fourth-order valence-corrected chi connectivity index (χ4v) is 3.70. The average Bonchev–Trinajstić information content (AvgIpc) is 3.01. The largest absolute Gasteiger partial charge is 0.494 e. The summed E-state index contributed by atoms with van der Waals surface area (Å²) in [5, 5.41) is 3.24. The number of hydrogen-bond acceptors (Lipinski definition) is 4. The molecule has 2 amide bonds. The van der Waals surface area contributed by atoms with Crippen LogP contribution in [0.2, 0.25) is 0 Å². The molecule has 5 heteroatoms. The van der Waals surface area contributed by atoms with Crippen molar-refractivity contribution in [2.24, 2.45) is 0 Å². The van der Waals surface area contributed by atoms with E-state index in [0.29, 0.717) is 29.2 Å². The van der Waals surface area contributed by atoms with E-state index in [1.807, 2.05) is 81.4 Å². The minimum Gasteiger partial charge on any atom is -0.494 e. The Hall–Kier alpha value is -3.86. The smallest absolute Gasteiger partial charge is 0.282 e. The molecule has 0 fully saturated rings. The van der Waals surface area contributed by atoms with Crippen molar-refractivity contribution >= 4 is 28.8 Å². The molecule has 31 heavy (non-hydrogen) atoms. The standard InChI is InChI=1S/C26H24N2O3/c1-4-31-21-13-11-19(12-14-21)23-24(27-22-15-10-17(2)16-18(22)3)26(30)28(25(23)29)20-8-6-5-7-9-20/h5-16,27H,4H2,1-3H3. The number of amides is 2. The van der Waals surface area contributed by atoms with Crippen molar-refractivity contribution in [3.63, 3.8) is 0 Å². The Balaban J connectivity index is 1.80. The van der Waals surface area contributed by atoms with Gasteiger partial charge >= 0.3 is 0 Å². The fourth-order valence-electron chi connectivity index (χ4n) is 3.70. The highest BCUT2D eigenvalue weighted by molar-refractivity contribution is 6.46. The summed E-state index contributed by atoms with van der Waals surface area (Å²) in [5.74, 6) is -0.0138. The van der Waals surface area contributed by atoms with E-state index >= 15 is 0 Å². The van der Waals surface area contributed by atoms with Gasteiger partial charge in [-0.15, -0.1) is 0 Å². The average molecular weight is 412 g/mol. The van der Waals surface area contributed by atoms with Gasteiger partial charge in [-0.05, 0) is 62.2 Å². The summed E-state index contributed by atoms with van der Waals surface area (Å²) in [6.07, 6.45) is 0. The maximum atomic E-state index is 13.4. The Morgan fingerprint density at radius 3 is 2.23 bits per heavy atom. The van der Waals surface area contributed by atoms with Crippen LogP contribution in [0.4, 0.5) is 11.4 Å². The summed E-state index contributed by atoms with van der Waals surface area (Å²) in [7, 11) is 0. The summed E-state index contributed by atoms with van der Waals surface area (Å²) in [5.41, 5.74) is 4.73. The lowest BCUT2D eigenvalue weighted by Crippen LogP contribution is -2.32. The zero-order chi connectivity index (χ0) is 22.0. The Labute approximate surface area is 182 Å². The molecule has 0 aromatic heterocycles. The van der Waals surface area contributed by atoms with Gasteiger partial charge in [0.15, 0.2) is 0 Å². The number of para-hydroxylation sites is 1. The Bertz CT molecular complexity index is 1170. The van der Waals surface area contributed by atoms with Crippen LogP contribution in [0.3, 0.4) is 0 Å². The molecule has 0 bridgehead atoms. The SMILES string of the molecule is CCOc1ccc(C2=C(Nc3ccc(C)cc3C)C(=O)N(c3ccccc3)C2=O)cc1. The third-order valence-corrected chi connectivity index (χ3v) is 5.19. The zero-order valence-corrected chi connectivity index (χ0v) is 17.8. The molecular formula is C26H24N2O3. The Kier molecular flexibility index (Phi) is 5.58. The van der Waals surface area contributed by atoms with Crippen molar-refractivity contribution in [1.82, 2.24) is 0 Å². The molecule has 0 saturated heterocycles. The predicted octanol–water partition coefficient (Wildman–Crippen LogP) is 5.10. The first kappa shape index (κ1) is 20.4. The van der Waals surface area contributed by atoms with Crippen LogP contribution in [0.5, 0.6) is 5.75 Å². The van der Waals surface area contributed by atoms with Crippen molar-refractivity contribution in [2.75, 3.05) is 16.8 Å². The molecule has 1 aliphatic rings. The second kappa shape index (κ2) is 8.48. The lowest BCUT2D eigenvalue weighted by molar-refractivity contribution is -0.120. The first-order valence-corrected chi connectivity index (χ1v) is 10.2. The first-order valence-electron chi connectivity index (χ1n) is 10.2. The Morgan fingerprint density at radius 1 is 0.871 bits per heavy atom. The third kappa shape index (κ3) is 3.94. The molecule has 4 rings (SSSR count). The van der Waals surface area contributed by atoms with Gasteiger partial charge in [0.25, 0.3) is 11.8 Å². The molecule has 0 unspecified atom stereocenters. The number of hydrogen-bond donors (Lipinski definition) is 1. The van der Waals surface area contributed by atoms with Crippen LogP contribution in [0.1, 0.15) is 23.6 Å². The van der Waals surface area contributed by atoms with Gasteiger partial charge in [-0.25, -0.2) is 4.90 Å². The highest BCUT2D eigenvalue weighted by atomic mass is 16.5. The van der Waals surface area contributed by atoms with Crippen LogP contribution < -0.4 is 15.0 Å². The summed E-state index contributed by atoms with van der Waals surface area (Å²) in [4.78, 5) is 28.1. The molecule has 3 aromatic carbocycles. The van der Waals surface area contributed by atoms with Crippen LogP contribution in [-0.2, 0) is 9.59 Å². The van der Waals surface area contributed by atoms with Gasteiger partial charge in [-0.3, -0.25) is 9.59 Å². The number of carbonyl (C=O) groups is 2. The lowest BCUT2D eigenvalue weighted by atomic mass is 10.0. The van der Waals surface area contributed by atoms with E-state index in [-0.39, 0.29) is 17.5 Å². The number of benzene rings is 3. The molecular weight excluding hydrogens is 388 g/mol. The van der Waals surface area contributed by atoms with Gasteiger partial charge in [0, 0.05) is 5.69 Å². The van der Waals surface area contributed by atoms with Crippen molar-refractivity contribution in [2.45, 2.75) is 20.8 Å². The summed E-state index contributed by atoms with van der Waals surface area (Å²) >= 11 is 0. The van der Waals surface area contributed by atoms with Gasteiger partial charge in [-0.1, -0.05) is 48.0 Å². The van der Waals surface area contributed by atoms with E-state index < -0.39 is 0 Å². The normalized spacial score (nSPS) is 13.7. The molecule has 0 spiro atoms. The van der Waals surface area contributed by atoms with Crippen LogP contribution in [0.15, 0.2) is 78.5 Å². The van der Waals surface area contributed by atoms with Gasteiger partial charge in [0.05, 0.1) is 17.9 Å². The monoisotopic (exact) mass is 412 g/mol. The second-order valence-corrected chi connectivity index (χ2v) is 7.43. The van der Waals surface area contributed by atoms with Crippen molar-refractivity contribution < 1.29 is 14.3 Å². The summed E-state index contributed by atoms with van der Waals surface area (Å²) in [6, 6.07) is 22.2. The maximum absolute atomic E-state index is 13.4. The minimum absolute atomic E-state index is 0.268. The summed E-state index contributed by atoms with van der Waals surface area (Å²) in [6.45, 7) is 6.46. The van der Waals surface area contributed by atoms with Gasteiger partial charge in [-0.2, -0.15) is 0 Å².